The summed E-state index contributed by atoms with van der Waals surface area (Å²) < 4.78 is 14.0. The van der Waals surface area contributed by atoms with E-state index in [1.807, 2.05) is 0 Å². The van der Waals surface area contributed by atoms with Crippen LogP contribution < -0.4 is 10.2 Å². The molecule has 1 saturated heterocycles. The van der Waals surface area contributed by atoms with Gasteiger partial charge in [-0.2, -0.15) is 0 Å². The zero-order valence-electron chi connectivity index (χ0n) is 10.9. The molecule has 0 spiro atoms. The maximum absolute atomic E-state index is 14.0. The number of halogens is 2. The Balaban J connectivity index is 2.24. The summed E-state index contributed by atoms with van der Waals surface area (Å²) >= 11 is 6.15. The smallest absolute Gasteiger partial charge is 0.148 e. The average Bonchev–Trinajstić information content (AvgIpc) is 2.33. The van der Waals surface area contributed by atoms with E-state index in [0.717, 1.165) is 25.9 Å². The summed E-state index contributed by atoms with van der Waals surface area (Å²) in [6.07, 6.45) is 2.24. The van der Waals surface area contributed by atoms with E-state index in [0.29, 0.717) is 16.8 Å². The Hall–Kier alpha value is -0.800. The lowest BCUT2D eigenvalue weighted by molar-refractivity contribution is 0.383. The predicted molar refractivity (Wildman–Crippen MR) is 74.9 cm³/mol. The third-order valence-electron chi connectivity index (χ3n) is 3.51. The number of piperazine rings is 1. The lowest BCUT2D eigenvalue weighted by atomic mass is 10.0. The molecule has 18 heavy (non-hydrogen) atoms. The molecular formula is C14H20ClFN2. The first-order valence-electron chi connectivity index (χ1n) is 6.57. The average molecular weight is 271 g/mol. The van der Waals surface area contributed by atoms with Crippen molar-refractivity contribution in [2.24, 2.45) is 0 Å². The van der Waals surface area contributed by atoms with Gasteiger partial charge in [-0.25, -0.2) is 4.39 Å². The van der Waals surface area contributed by atoms with Crippen LogP contribution in [-0.2, 0) is 0 Å². The molecule has 2 nitrogen and oxygen atoms in total. The Bertz CT molecular complexity index is 391. The molecule has 0 radical (unpaired) electrons. The van der Waals surface area contributed by atoms with Crippen molar-refractivity contribution in [2.75, 3.05) is 18.0 Å². The van der Waals surface area contributed by atoms with Crippen molar-refractivity contribution in [1.82, 2.24) is 5.32 Å². The minimum Gasteiger partial charge on any atom is -0.362 e. The van der Waals surface area contributed by atoms with Gasteiger partial charge in [0, 0.05) is 25.2 Å². The van der Waals surface area contributed by atoms with E-state index >= 15 is 0 Å². The molecule has 1 aliphatic rings. The van der Waals surface area contributed by atoms with E-state index in [9.17, 15) is 4.39 Å². The van der Waals surface area contributed by atoms with Crippen LogP contribution in [0, 0.1) is 5.82 Å². The topological polar surface area (TPSA) is 15.3 Å². The molecule has 1 aromatic rings. The van der Waals surface area contributed by atoms with E-state index in [1.54, 1.807) is 12.1 Å². The van der Waals surface area contributed by atoms with Crippen LogP contribution in [0.1, 0.15) is 26.7 Å². The molecule has 1 fully saturated rings. The minimum absolute atomic E-state index is 0.230. The number of rotatable bonds is 3. The fourth-order valence-corrected chi connectivity index (χ4v) is 2.82. The van der Waals surface area contributed by atoms with Gasteiger partial charge in [0.2, 0.25) is 0 Å². The number of benzene rings is 1. The fourth-order valence-electron chi connectivity index (χ4n) is 2.55. The van der Waals surface area contributed by atoms with E-state index in [2.05, 4.69) is 24.1 Å². The Morgan fingerprint density at radius 1 is 1.50 bits per heavy atom. The molecule has 2 rings (SSSR count). The maximum Gasteiger partial charge on any atom is 0.148 e. The molecule has 1 aliphatic heterocycles. The van der Waals surface area contributed by atoms with Crippen LogP contribution in [0.15, 0.2) is 18.2 Å². The Labute approximate surface area is 113 Å². The zero-order chi connectivity index (χ0) is 13.1. The van der Waals surface area contributed by atoms with Gasteiger partial charge in [-0.1, -0.05) is 31.0 Å². The summed E-state index contributed by atoms with van der Waals surface area (Å²) in [6.45, 7) is 5.95. The molecule has 4 heteroatoms. The first-order chi connectivity index (χ1) is 8.63. The third-order valence-corrected chi connectivity index (χ3v) is 3.82. The van der Waals surface area contributed by atoms with Crippen molar-refractivity contribution < 1.29 is 4.39 Å². The highest BCUT2D eigenvalue weighted by Crippen LogP contribution is 2.31. The molecule has 0 bridgehead atoms. The number of nitrogens with one attached hydrogen (secondary N) is 1. The van der Waals surface area contributed by atoms with Crippen LogP contribution in [0.5, 0.6) is 0 Å². The summed E-state index contributed by atoms with van der Waals surface area (Å²) in [4.78, 5) is 2.09. The molecule has 0 aliphatic carbocycles. The van der Waals surface area contributed by atoms with E-state index in [-0.39, 0.29) is 11.9 Å². The summed E-state index contributed by atoms with van der Waals surface area (Å²) in [5, 5.41) is 4.00. The van der Waals surface area contributed by atoms with E-state index in [1.165, 1.54) is 6.07 Å². The monoisotopic (exact) mass is 270 g/mol. The molecule has 1 N–H and O–H groups in total. The number of nitrogens with zero attached hydrogens (tertiary/aromatic N) is 1. The van der Waals surface area contributed by atoms with Gasteiger partial charge in [0.1, 0.15) is 5.82 Å². The van der Waals surface area contributed by atoms with Gasteiger partial charge >= 0.3 is 0 Å². The summed E-state index contributed by atoms with van der Waals surface area (Å²) in [5.41, 5.74) is 0.550. The molecule has 0 aromatic heterocycles. The lowest BCUT2D eigenvalue weighted by Crippen LogP contribution is -2.55. The van der Waals surface area contributed by atoms with Crippen LogP contribution in [0.3, 0.4) is 0 Å². The second-order valence-corrected chi connectivity index (χ2v) is 5.37. The maximum atomic E-state index is 14.0. The zero-order valence-corrected chi connectivity index (χ0v) is 11.7. The summed E-state index contributed by atoms with van der Waals surface area (Å²) in [6, 6.07) is 5.56. The largest absolute Gasteiger partial charge is 0.362 e. The van der Waals surface area contributed by atoms with E-state index in [4.69, 9.17) is 11.6 Å². The van der Waals surface area contributed by atoms with Crippen LogP contribution in [0.25, 0.3) is 0 Å². The number of para-hydroxylation sites is 1. The highest BCUT2D eigenvalue weighted by Gasteiger charge is 2.27. The van der Waals surface area contributed by atoms with Gasteiger partial charge in [0.15, 0.2) is 0 Å². The predicted octanol–water partition coefficient (Wildman–Crippen LogP) is 3.45. The van der Waals surface area contributed by atoms with Crippen molar-refractivity contribution in [3.05, 3.63) is 29.0 Å². The number of hydrogen-bond acceptors (Lipinski definition) is 2. The van der Waals surface area contributed by atoms with Crippen molar-refractivity contribution in [3.8, 4) is 0 Å². The van der Waals surface area contributed by atoms with Gasteiger partial charge in [-0.3, -0.25) is 0 Å². The first-order valence-corrected chi connectivity index (χ1v) is 6.95. The van der Waals surface area contributed by atoms with Crippen LogP contribution in [0.4, 0.5) is 10.1 Å². The van der Waals surface area contributed by atoms with Gasteiger partial charge in [-0.15, -0.1) is 0 Å². The van der Waals surface area contributed by atoms with Crippen molar-refractivity contribution in [1.29, 1.82) is 0 Å². The van der Waals surface area contributed by atoms with Gasteiger partial charge in [0.25, 0.3) is 0 Å². The summed E-state index contributed by atoms with van der Waals surface area (Å²) in [5.74, 6) is -0.230. The molecule has 1 aromatic carbocycles. The Kier molecular flexibility index (Phi) is 4.46. The number of anilines is 1. The van der Waals surface area contributed by atoms with Crippen molar-refractivity contribution in [2.45, 2.75) is 38.8 Å². The normalized spacial score (nSPS) is 24.3. The molecular weight excluding hydrogens is 251 g/mol. The number of hydrogen-bond donors (Lipinski definition) is 1. The standard InChI is InChI=1S/C14H20ClFN2/c1-3-5-11-9-18(10(2)8-17-11)14-12(15)6-4-7-13(14)16/h4,6-7,10-11,17H,3,5,8-9H2,1-2H3. The molecule has 0 saturated carbocycles. The van der Waals surface area contributed by atoms with Crippen molar-refractivity contribution in [3.63, 3.8) is 0 Å². The molecule has 2 unspecified atom stereocenters. The van der Waals surface area contributed by atoms with Gasteiger partial charge < -0.3 is 10.2 Å². The molecule has 0 amide bonds. The van der Waals surface area contributed by atoms with Crippen LogP contribution in [-0.4, -0.2) is 25.2 Å². The van der Waals surface area contributed by atoms with E-state index < -0.39 is 0 Å². The van der Waals surface area contributed by atoms with Gasteiger partial charge in [-0.05, 0) is 25.5 Å². The second kappa shape index (κ2) is 5.89. The molecule has 1 heterocycles. The minimum atomic E-state index is -0.230. The first kappa shape index (κ1) is 13.6. The van der Waals surface area contributed by atoms with Crippen LogP contribution in [0.2, 0.25) is 5.02 Å². The highest BCUT2D eigenvalue weighted by atomic mass is 35.5. The highest BCUT2D eigenvalue weighted by molar-refractivity contribution is 6.33. The lowest BCUT2D eigenvalue weighted by Gasteiger charge is -2.40. The molecule has 100 valence electrons. The Morgan fingerprint density at radius 3 is 2.94 bits per heavy atom. The Morgan fingerprint density at radius 2 is 2.28 bits per heavy atom. The quantitative estimate of drug-likeness (QED) is 0.905. The third kappa shape index (κ3) is 2.78. The van der Waals surface area contributed by atoms with Crippen LogP contribution >= 0.6 is 11.6 Å². The fraction of sp³-hybridized carbons (Fsp3) is 0.571. The SMILES string of the molecule is CCCC1CN(c2c(F)cccc2Cl)C(C)CN1. The van der Waals surface area contributed by atoms with Crippen molar-refractivity contribution >= 4 is 17.3 Å². The molecule has 2 atom stereocenters. The second-order valence-electron chi connectivity index (χ2n) is 4.97. The summed E-state index contributed by atoms with van der Waals surface area (Å²) in [7, 11) is 0. The van der Waals surface area contributed by atoms with Gasteiger partial charge in [0.05, 0.1) is 10.7 Å².